The lowest BCUT2D eigenvalue weighted by molar-refractivity contribution is 0.306. The summed E-state index contributed by atoms with van der Waals surface area (Å²) in [6.07, 6.45) is 3.12. The number of benzene rings is 2. The third kappa shape index (κ3) is 6.12. The van der Waals surface area contributed by atoms with Crippen LogP contribution in [0.15, 0.2) is 58.6 Å². The number of rotatable bonds is 9. The van der Waals surface area contributed by atoms with E-state index in [1.807, 2.05) is 13.0 Å². The molecule has 0 saturated heterocycles. The molecule has 0 heterocycles. The number of nitrogens with zero attached hydrogens (tertiary/aromatic N) is 2. The van der Waals surface area contributed by atoms with E-state index < -0.39 is 10.1 Å². The van der Waals surface area contributed by atoms with Gasteiger partial charge in [-0.25, -0.2) is 0 Å². The lowest BCUT2D eigenvalue weighted by atomic mass is 10.1. The van der Waals surface area contributed by atoms with Gasteiger partial charge >= 0.3 is 10.1 Å². The van der Waals surface area contributed by atoms with Gasteiger partial charge in [-0.3, -0.25) is 4.28 Å². The van der Waals surface area contributed by atoms with Crippen molar-refractivity contribution in [2.45, 2.75) is 38.0 Å². The van der Waals surface area contributed by atoms with Crippen molar-refractivity contribution in [2.75, 3.05) is 6.61 Å². The Balaban J connectivity index is 2.14. The van der Waals surface area contributed by atoms with Gasteiger partial charge in [0.2, 0.25) is 0 Å². The van der Waals surface area contributed by atoms with E-state index in [0.29, 0.717) is 17.9 Å². The molecule has 0 N–H and O–H groups in total. The predicted molar refractivity (Wildman–Crippen MR) is 103 cm³/mol. The van der Waals surface area contributed by atoms with Crippen molar-refractivity contribution in [3.05, 3.63) is 59.7 Å². The van der Waals surface area contributed by atoms with Crippen LogP contribution in [0.1, 0.15) is 37.3 Å². The summed E-state index contributed by atoms with van der Waals surface area (Å²) < 4.78 is 34.8. The van der Waals surface area contributed by atoms with Gasteiger partial charge in [0.15, 0.2) is 5.71 Å². The average Bonchev–Trinajstić information content (AvgIpc) is 2.66. The molecule has 142 valence electrons. The van der Waals surface area contributed by atoms with Crippen molar-refractivity contribution in [3.8, 4) is 11.8 Å². The second-order valence-electron chi connectivity index (χ2n) is 5.98. The highest BCUT2D eigenvalue weighted by atomic mass is 32.2. The first-order chi connectivity index (χ1) is 13.0. The van der Waals surface area contributed by atoms with Crippen molar-refractivity contribution in [1.29, 1.82) is 5.26 Å². The number of oxime groups is 1. The van der Waals surface area contributed by atoms with E-state index in [-0.39, 0.29) is 10.6 Å². The largest absolute Gasteiger partial charge is 0.494 e. The molecule has 6 nitrogen and oxygen atoms in total. The molecule has 2 aromatic carbocycles. The zero-order valence-corrected chi connectivity index (χ0v) is 16.2. The molecule has 0 unspecified atom stereocenters. The monoisotopic (exact) mass is 386 g/mol. The highest BCUT2D eigenvalue weighted by Gasteiger charge is 2.16. The highest BCUT2D eigenvalue weighted by Crippen LogP contribution is 2.17. The van der Waals surface area contributed by atoms with E-state index in [4.69, 9.17) is 9.02 Å². The van der Waals surface area contributed by atoms with E-state index >= 15 is 0 Å². The standard InChI is InChI=1S/C20H22N2O4S/c1-3-4-5-13-25-18-8-6-7-17(14-18)20(15-21)22-26-27(23,24)19-11-9-16(2)10-12-19/h6-12,14H,3-5,13H2,1-2H3/b22-20+. The lowest BCUT2D eigenvalue weighted by Gasteiger charge is -2.07. The molecule has 0 spiro atoms. The van der Waals surface area contributed by atoms with E-state index in [9.17, 15) is 13.7 Å². The molecular formula is C20H22N2O4S. The van der Waals surface area contributed by atoms with Crippen molar-refractivity contribution in [3.63, 3.8) is 0 Å². The minimum Gasteiger partial charge on any atom is -0.494 e. The van der Waals surface area contributed by atoms with Gasteiger partial charge in [0.25, 0.3) is 0 Å². The van der Waals surface area contributed by atoms with Crippen LogP contribution in [0.4, 0.5) is 0 Å². The number of nitriles is 1. The van der Waals surface area contributed by atoms with E-state index in [1.165, 1.54) is 12.1 Å². The van der Waals surface area contributed by atoms with Crippen LogP contribution in [0.2, 0.25) is 0 Å². The Bertz CT molecular complexity index is 929. The van der Waals surface area contributed by atoms with Gasteiger partial charge in [0.1, 0.15) is 16.7 Å². The zero-order chi connectivity index (χ0) is 19.7. The van der Waals surface area contributed by atoms with Gasteiger partial charge in [0, 0.05) is 5.56 Å². The summed E-state index contributed by atoms with van der Waals surface area (Å²) >= 11 is 0. The first-order valence-electron chi connectivity index (χ1n) is 8.68. The van der Waals surface area contributed by atoms with Crippen LogP contribution >= 0.6 is 0 Å². The zero-order valence-electron chi connectivity index (χ0n) is 15.4. The molecule has 0 bridgehead atoms. The number of hydrogen-bond donors (Lipinski definition) is 0. The molecule has 0 aliphatic carbocycles. The van der Waals surface area contributed by atoms with Gasteiger partial charge in [-0.1, -0.05) is 54.8 Å². The van der Waals surface area contributed by atoms with Gasteiger partial charge < -0.3 is 4.74 Å². The molecule has 0 aliphatic heterocycles. The maximum atomic E-state index is 12.2. The highest BCUT2D eigenvalue weighted by molar-refractivity contribution is 7.86. The maximum Gasteiger partial charge on any atom is 0.358 e. The van der Waals surface area contributed by atoms with Crippen LogP contribution in [0, 0.1) is 18.3 Å². The Labute approximate surface area is 160 Å². The first-order valence-corrected chi connectivity index (χ1v) is 10.1. The fourth-order valence-corrected chi connectivity index (χ4v) is 2.98. The molecule has 27 heavy (non-hydrogen) atoms. The third-order valence-electron chi connectivity index (χ3n) is 3.77. The lowest BCUT2D eigenvalue weighted by Crippen LogP contribution is -2.06. The number of hydrogen-bond acceptors (Lipinski definition) is 6. The molecule has 7 heteroatoms. The number of aryl methyl sites for hydroxylation is 1. The first kappa shape index (κ1) is 20.5. The minimum atomic E-state index is -4.09. The van der Waals surface area contributed by atoms with Crippen molar-refractivity contribution in [2.24, 2.45) is 5.16 Å². The van der Waals surface area contributed by atoms with Gasteiger partial charge in [-0.15, -0.1) is 0 Å². The van der Waals surface area contributed by atoms with Crippen LogP contribution in [0.25, 0.3) is 0 Å². The Morgan fingerprint density at radius 3 is 2.56 bits per heavy atom. The summed E-state index contributed by atoms with van der Waals surface area (Å²) in [7, 11) is -4.09. The van der Waals surface area contributed by atoms with E-state index in [0.717, 1.165) is 24.8 Å². The van der Waals surface area contributed by atoms with Crippen molar-refractivity contribution >= 4 is 15.8 Å². The van der Waals surface area contributed by atoms with Crippen LogP contribution in [-0.2, 0) is 14.4 Å². The SMILES string of the molecule is CCCCCOc1cccc(/C(C#N)=N/OS(=O)(=O)c2ccc(C)cc2)c1. The smallest absolute Gasteiger partial charge is 0.358 e. The Hall–Kier alpha value is -2.85. The molecule has 0 atom stereocenters. The number of ether oxygens (including phenoxy) is 1. The van der Waals surface area contributed by atoms with Gasteiger partial charge in [-0.2, -0.15) is 13.7 Å². The summed E-state index contributed by atoms with van der Waals surface area (Å²) in [5.41, 5.74) is 1.19. The normalized spacial score (nSPS) is 11.7. The van der Waals surface area contributed by atoms with Crippen molar-refractivity contribution in [1.82, 2.24) is 0 Å². The van der Waals surface area contributed by atoms with E-state index in [1.54, 1.807) is 36.4 Å². The molecule has 2 aromatic rings. The predicted octanol–water partition coefficient (Wildman–Crippen LogP) is 4.20. The fourth-order valence-electron chi connectivity index (χ4n) is 2.25. The molecule has 0 amide bonds. The van der Waals surface area contributed by atoms with E-state index in [2.05, 4.69) is 12.1 Å². The second-order valence-corrected chi connectivity index (χ2v) is 7.51. The molecule has 0 aliphatic rings. The molecule has 0 radical (unpaired) electrons. The maximum absolute atomic E-state index is 12.2. The molecule has 0 aromatic heterocycles. The number of unbranched alkanes of at least 4 members (excludes halogenated alkanes) is 2. The molecule has 0 saturated carbocycles. The summed E-state index contributed by atoms with van der Waals surface area (Å²) in [5, 5.41) is 12.9. The molecule has 2 rings (SSSR count). The Morgan fingerprint density at radius 1 is 1.15 bits per heavy atom. The Kier molecular flexibility index (Phi) is 7.38. The van der Waals surface area contributed by atoms with Gasteiger partial charge in [0.05, 0.1) is 6.61 Å². The van der Waals surface area contributed by atoms with Gasteiger partial charge in [-0.05, 0) is 37.6 Å². The topological polar surface area (TPSA) is 88.8 Å². The van der Waals surface area contributed by atoms with Crippen LogP contribution in [0.5, 0.6) is 5.75 Å². The van der Waals surface area contributed by atoms with Crippen molar-refractivity contribution < 1.29 is 17.4 Å². The average molecular weight is 386 g/mol. The fraction of sp³-hybridized carbons (Fsp3) is 0.300. The molecule has 0 fully saturated rings. The van der Waals surface area contributed by atoms with Crippen LogP contribution in [-0.4, -0.2) is 20.7 Å². The van der Waals surface area contributed by atoms with Crippen LogP contribution < -0.4 is 4.74 Å². The quantitative estimate of drug-likeness (QED) is 0.366. The summed E-state index contributed by atoms with van der Waals surface area (Å²) in [6.45, 7) is 4.54. The Morgan fingerprint density at radius 2 is 1.89 bits per heavy atom. The summed E-state index contributed by atoms with van der Waals surface area (Å²) in [4.78, 5) is -0.0258. The second kappa shape index (κ2) is 9.74. The third-order valence-corrected chi connectivity index (χ3v) is 4.89. The van der Waals surface area contributed by atoms with Crippen LogP contribution in [0.3, 0.4) is 0 Å². The minimum absolute atomic E-state index is 0.0258. The summed E-state index contributed by atoms with van der Waals surface area (Å²) in [5.74, 6) is 0.591. The summed E-state index contributed by atoms with van der Waals surface area (Å²) in [6, 6.07) is 14.8. The molecular weight excluding hydrogens is 364 g/mol.